The van der Waals surface area contributed by atoms with Crippen LogP contribution in [0.15, 0.2) is 11.3 Å². The van der Waals surface area contributed by atoms with Crippen molar-refractivity contribution >= 4 is 36.7 Å². The second-order valence-corrected chi connectivity index (χ2v) is 5.89. The fourth-order valence-electron chi connectivity index (χ4n) is 2.40. The molecule has 1 unspecified atom stereocenters. The molecule has 0 saturated heterocycles. The van der Waals surface area contributed by atoms with Crippen LogP contribution in [0, 0.1) is 0 Å². The SMILES string of the molecule is CC[C@H](N)C(=O)NC([B]C(=O)O)(CC(=O)C1=C(O)[C@H](CN)NC1=O)C(=O)O. The number of nitrogens with two attached hydrogens (primary N) is 2. The average molecular weight is 383 g/mol. The normalized spacial score (nSPS) is 19.7. The Balaban J connectivity index is 3.27. The third-order valence-corrected chi connectivity index (χ3v) is 3.95. The summed E-state index contributed by atoms with van der Waals surface area (Å²) in [6, 6.07) is -2.17. The van der Waals surface area contributed by atoms with Crippen molar-refractivity contribution in [2.45, 2.75) is 37.3 Å². The zero-order valence-electron chi connectivity index (χ0n) is 14.4. The lowest BCUT2D eigenvalue weighted by molar-refractivity contribution is -0.145. The monoisotopic (exact) mass is 383 g/mol. The van der Waals surface area contributed by atoms with Gasteiger partial charge in [0.05, 0.1) is 12.1 Å². The summed E-state index contributed by atoms with van der Waals surface area (Å²) in [5.41, 5.74) is 7.42. The largest absolute Gasteiger partial charge is 0.509 e. The molecule has 0 bridgehead atoms. The molecule has 1 rings (SSSR count). The minimum atomic E-state index is -2.68. The fraction of sp³-hybridized carbons (Fsp3) is 0.500. The van der Waals surface area contributed by atoms with E-state index in [0.29, 0.717) is 0 Å². The average Bonchev–Trinajstić information content (AvgIpc) is 2.86. The van der Waals surface area contributed by atoms with Gasteiger partial charge in [-0.3, -0.25) is 24.0 Å². The van der Waals surface area contributed by atoms with Gasteiger partial charge in [-0.25, -0.2) is 0 Å². The maximum absolute atomic E-state index is 12.5. The molecule has 3 atom stereocenters. The first-order valence-corrected chi connectivity index (χ1v) is 7.86. The molecule has 0 aliphatic carbocycles. The van der Waals surface area contributed by atoms with E-state index in [-0.39, 0.29) is 20.2 Å². The van der Waals surface area contributed by atoms with Crippen LogP contribution in [0.25, 0.3) is 0 Å². The van der Waals surface area contributed by atoms with Gasteiger partial charge in [-0.05, 0) is 6.42 Å². The molecule has 1 heterocycles. The zero-order chi connectivity index (χ0) is 20.9. The summed E-state index contributed by atoms with van der Waals surface area (Å²) in [6.07, 6.45) is -1.02. The van der Waals surface area contributed by atoms with Crippen LogP contribution >= 0.6 is 0 Å². The molecule has 12 nitrogen and oxygen atoms in total. The van der Waals surface area contributed by atoms with Gasteiger partial charge in [-0.2, -0.15) is 0 Å². The van der Waals surface area contributed by atoms with Crippen molar-refractivity contribution in [2.75, 3.05) is 6.54 Å². The van der Waals surface area contributed by atoms with E-state index >= 15 is 0 Å². The molecule has 9 N–H and O–H groups in total. The van der Waals surface area contributed by atoms with Gasteiger partial charge in [0.25, 0.3) is 5.91 Å². The van der Waals surface area contributed by atoms with E-state index in [0.717, 1.165) is 0 Å². The Kier molecular flexibility index (Phi) is 7.08. The molecule has 0 aromatic heterocycles. The smallest absolute Gasteiger partial charge is 0.321 e. The number of carboxylic acids is 1. The van der Waals surface area contributed by atoms with E-state index in [9.17, 15) is 34.2 Å². The highest BCUT2D eigenvalue weighted by Crippen LogP contribution is 2.21. The lowest BCUT2D eigenvalue weighted by atomic mass is 9.55. The van der Waals surface area contributed by atoms with Crippen LogP contribution in [-0.2, 0) is 19.2 Å². The van der Waals surface area contributed by atoms with Crippen LogP contribution in [0.5, 0.6) is 0 Å². The molecule has 0 aromatic carbocycles. The number of nitrogens with one attached hydrogen (secondary N) is 2. The minimum absolute atomic E-state index is 0.120. The van der Waals surface area contributed by atoms with Crippen molar-refractivity contribution in [1.82, 2.24) is 10.6 Å². The molecule has 147 valence electrons. The molecule has 0 spiro atoms. The first kappa shape index (κ1) is 22.1. The number of carbonyl (C=O) groups excluding carboxylic acids is 3. The summed E-state index contributed by atoms with van der Waals surface area (Å²) >= 11 is 0. The van der Waals surface area contributed by atoms with E-state index in [1.54, 1.807) is 0 Å². The minimum Gasteiger partial charge on any atom is -0.509 e. The van der Waals surface area contributed by atoms with E-state index in [4.69, 9.17) is 16.6 Å². The number of Topliss-reactive ketones (excluding diaryl/α,β-unsaturated/α-hetero) is 1. The van der Waals surface area contributed by atoms with E-state index in [1.165, 1.54) is 6.92 Å². The zero-order valence-corrected chi connectivity index (χ0v) is 14.4. The molecule has 0 fully saturated rings. The highest BCUT2D eigenvalue weighted by molar-refractivity contribution is 6.77. The third-order valence-electron chi connectivity index (χ3n) is 3.95. The number of carbonyl (C=O) groups is 5. The number of ketones is 1. The van der Waals surface area contributed by atoms with Gasteiger partial charge in [0.15, 0.2) is 5.78 Å². The van der Waals surface area contributed by atoms with Crippen molar-refractivity contribution in [2.24, 2.45) is 11.5 Å². The molecule has 0 saturated carbocycles. The third kappa shape index (κ3) is 4.83. The van der Waals surface area contributed by atoms with Gasteiger partial charge in [-0.15, -0.1) is 0 Å². The first-order valence-electron chi connectivity index (χ1n) is 7.86. The Labute approximate surface area is 154 Å². The van der Waals surface area contributed by atoms with E-state index in [1.807, 2.05) is 5.32 Å². The maximum atomic E-state index is 12.5. The number of rotatable bonds is 10. The van der Waals surface area contributed by atoms with Crippen molar-refractivity contribution in [3.8, 4) is 0 Å². The molecule has 1 radical (unpaired) electrons. The Bertz CT molecular complexity index is 709. The summed E-state index contributed by atoms with van der Waals surface area (Å²) in [7, 11) is 0.207. The van der Waals surface area contributed by atoms with Crippen molar-refractivity contribution in [1.29, 1.82) is 0 Å². The van der Waals surface area contributed by atoms with Gasteiger partial charge in [0, 0.05) is 13.0 Å². The van der Waals surface area contributed by atoms with Crippen molar-refractivity contribution in [3.05, 3.63) is 11.3 Å². The summed E-state index contributed by atoms with van der Waals surface area (Å²) in [5, 5.41) is 32.6. The quantitative estimate of drug-likeness (QED) is 0.152. The van der Waals surface area contributed by atoms with Crippen LogP contribution in [0.1, 0.15) is 19.8 Å². The van der Waals surface area contributed by atoms with Gasteiger partial charge in [0.1, 0.15) is 16.8 Å². The lowest BCUT2D eigenvalue weighted by Gasteiger charge is -2.29. The van der Waals surface area contributed by atoms with E-state index < -0.39 is 64.7 Å². The van der Waals surface area contributed by atoms with Crippen molar-refractivity contribution in [3.63, 3.8) is 0 Å². The van der Waals surface area contributed by atoms with Gasteiger partial charge >= 0.3 is 13.2 Å². The van der Waals surface area contributed by atoms with Crippen LogP contribution < -0.4 is 22.1 Å². The molecular formula is C14H20BN4O8. The summed E-state index contributed by atoms with van der Waals surface area (Å²) in [4.78, 5) is 59.2. The van der Waals surface area contributed by atoms with Gasteiger partial charge in [0.2, 0.25) is 11.8 Å². The second kappa shape index (κ2) is 8.64. The molecule has 13 heteroatoms. The number of carboxylic acid groups (broad SMARTS) is 2. The Morgan fingerprint density at radius 1 is 1.33 bits per heavy atom. The molecule has 27 heavy (non-hydrogen) atoms. The summed E-state index contributed by atoms with van der Waals surface area (Å²) < 4.78 is 0. The highest BCUT2D eigenvalue weighted by atomic mass is 16.4. The predicted molar refractivity (Wildman–Crippen MR) is 90.8 cm³/mol. The molecule has 0 aromatic rings. The number of amides is 2. The Hall–Kier alpha value is -2.93. The summed E-state index contributed by atoms with van der Waals surface area (Å²) in [6.45, 7) is 1.32. The lowest BCUT2D eigenvalue weighted by Crippen LogP contribution is -2.64. The second-order valence-electron chi connectivity index (χ2n) is 5.89. The Morgan fingerprint density at radius 3 is 2.33 bits per heavy atom. The van der Waals surface area contributed by atoms with Crippen LogP contribution in [-0.4, -0.2) is 76.1 Å². The molecular weight excluding hydrogens is 363 g/mol. The fourth-order valence-corrected chi connectivity index (χ4v) is 2.40. The topological polar surface area (TPSA) is 222 Å². The Morgan fingerprint density at radius 2 is 1.93 bits per heavy atom. The van der Waals surface area contributed by atoms with Crippen LogP contribution in [0.4, 0.5) is 4.79 Å². The first-order chi connectivity index (χ1) is 12.5. The predicted octanol–water partition coefficient (Wildman–Crippen LogP) is -2.77. The van der Waals surface area contributed by atoms with Crippen LogP contribution in [0.3, 0.4) is 0 Å². The number of aliphatic hydroxyl groups excluding tert-OH is 1. The number of hydrogen-bond acceptors (Lipinski definition) is 8. The van der Waals surface area contributed by atoms with Crippen LogP contribution in [0.2, 0.25) is 0 Å². The number of aliphatic carboxylic acids is 1. The molecule has 1 aliphatic rings. The van der Waals surface area contributed by atoms with E-state index in [2.05, 4.69) is 5.32 Å². The van der Waals surface area contributed by atoms with Crippen molar-refractivity contribution < 1.29 is 39.3 Å². The highest BCUT2D eigenvalue weighted by Gasteiger charge is 2.48. The number of hydrogen-bond donors (Lipinski definition) is 7. The number of aliphatic hydroxyl groups is 1. The standard InChI is InChI=1S/C14H20BN4O8/c1-2-5(17)10(22)19-14(12(24)25,15-13(26)27)3-7(20)8-9(21)6(4-16)18-11(8)23/h5-6,21H,2-4,16-17H2,1H3,(H,18,23)(H,19,22)(H,24,25)(H,26,27)/t5-,6-,14?/m0/s1. The van der Waals surface area contributed by atoms with Gasteiger partial charge in [-0.1, -0.05) is 6.92 Å². The molecule has 2 amide bonds. The summed E-state index contributed by atoms with van der Waals surface area (Å²) in [5.74, 6) is -7.45. The van der Waals surface area contributed by atoms with Gasteiger partial charge < -0.3 is 37.4 Å². The molecule has 1 aliphatic heterocycles. The maximum Gasteiger partial charge on any atom is 0.321 e.